The largest absolute Gasteiger partial charge is 0.391 e. The smallest absolute Gasteiger partial charge is 0.319 e. The van der Waals surface area contributed by atoms with Gasteiger partial charge in [0.15, 0.2) is 5.15 Å². The fourth-order valence-electron chi connectivity index (χ4n) is 1.29. The van der Waals surface area contributed by atoms with Crippen molar-refractivity contribution in [3.05, 3.63) is 23.5 Å². The number of halogens is 1. The molecular weight excluding hydrogens is 242 g/mol. The molecule has 1 aromatic rings. The molecule has 1 atom stereocenters. The van der Waals surface area contributed by atoms with Crippen LogP contribution in [0.2, 0.25) is 5.15 Å². The average Bonchev–Trinajstić information content (AvgIpc) is 2.30. The SMILES string of the molecule is CCCC(O)CNC(=O)Nc1cccnc1Cl. The molecule has 3 N–H and O–H groups in total. The van der Waals surface area contributed by atoms with Crippen LogP contribution in [0, 0.1) is 0 Å². The van der Waals surface area contributed by atoms with Gasteiger partial charge in [0, 0.05) is 12.7 Å². The number of rotatable bonds is 5. The molecule has 0 bridgehead atoms. The predicted molar refractivity (Wildman–Crippen MR) is 67.2 cm³/mol. The number of nitrogens with zero attached hydrogens (tertiary/aromatic N) is 1. The van der Waals surface area contributed by atoms with Crippen molar-refractivity contribution in [1.29, 1.82) is 0 Å². The zero-order valence-electron chi connectivity index (χ0n) is 9.61. The van der Waals surface area contributed by atoms with Gasteiger partial charge in [-0.25, -0.2) is 9.78 Å². The van der Waals surface area contributed by atoms with Gasteiger partial charge in [0.1, 0.15) is 0 Å². The number of aliphatic hydroxyl groups is 1. The molecule has 0 fully saturated rings. The zero-order chi connectivity index (χ0) is 12.7. The number of carbonyl (C=O) groups is 1. The molecule has 1 rings (SSSR count). The minimum Gasteiger partial charge on any atom is -0.391 e. The first-order chi connectivity index (χ1) is 8.13. The maximum atomic E-state index is 11.5. The molecule has 0 radical (unpaired) electrons. The van der Waals surface area contributed by atoms with Gasteiger partial charge >= 0.3 is 6.03 Å². The molecule has 0 spiro atoms. The topological polar surface area (TPSA) is 74.2 Å². The Labute approximate surface area is 105 Å². The summed E-state index contributed by atoms with van der Waals surface area (Å²) >= 11 is 5.78. The first-order valence-electron chi connectivity index (χ1n) is 5.47. The molecule has 1 unspecified atom stereocenters. The van der Waals surface area contributed by atoms with Gasteiger partial charge in [-0.2, -0.15) is 0 Å². The molecular formula is C11H16ClN3O2. The molecule has 2 amide bonds. The highest BCUT2D eigenvalue weighted by atomic mass is 35.5. The van der Waals surface area contributed by atoms with Gasteiger partial charge in [-0.15, -0.1) is 0 Å². The lowest BCUT2D eigenvalue weighted by atomic mass is 10.2. The average molecular weight is 258 g/mol. The third-order valence-corrected chi connectivity index (χ3v) is 2.43. The lowest BCUT2D eigenvalue weighted by Crippen LogP contribution is -2.35. The van der Waals surface area contributed by atoms with E-state index in [-0.39, 0.29) is 11.7 Å². The van der Waals surface area contributed by atoms with Crippen molar-refractivity contribution in [2.45, 2.75) is 25.9 Å². The Morgan fingerprint density at radius 2 is 2.41 bits per heavy atom. The van der Waals surface area contributed by atoms with Crippen LogP contribution in [0.5, 0.6) is 0 Å². The highest BCUT2D eigenvalue weighted by molar-refractivity contribution is 6.32. The van der Waals surface area contributed by atoms with Crippen LogP contribution in [0.15, 0.2) is 18.3 Å². The van der Waals surface area contributed by atoms with Crippen LogP contribution in [0.4, 0.5) is 10.5 Å². The molecule has 5 nitrogen and oxygen atoms in total. The summed E-state index contributed by atoms with van der Waals surface area (Å²) in [5.74, 6) is 0. The van der Waals surface area contributed by atoms with Crippen LogP contribution >= 0.6 is 11.6 Å². The molecule has 1 aromatic heterocycles. The Morgan fingerprint density at radius 3 is 3.06 bits per heavy atom. The summed E-state index contributed by atoms with van der Waals surface area (Å²) < 4.78 is 0. The van der Waals surface area contributed by atoms with Gasteiger partial charge in [0.2, 0.25) is 0 Å². The Hall–Kier alpha value is -1.33. The van der Waals surface area contributed by atoms with E-state index in [0.717, 1.165) is 6.42 Å². The molecule has 17 heavy (non-hydrogen) atoms. The molecule has 0 aromatic carbocycles. The minimum absolute atomic E-state index is 0.220. The molecule has 0 saturated carbocycles. The minimum atomic E-state index is -0.518. The molecule has 0 aliphatic heterocycles. The highest BCUT2D eigenvalue weighted by Gasteiger charge is 2.07. The standard InChI is InChI=1S/C11H16ClN3O2/c1-2-4-8(16)7-14-11(17)15-9-5-3-6-13-10(9)12/h3,5-6,8,16H,2,4,7H2,1H3,(H2,14,15,17). The van der Waals surface area contributed by atoms with Crippen LogP contribution in [0.3, 0.4) is 0 Å². The lowest BCUT2D eigenvalue weighted by molar-refractivity contribution is 0.162. The van der Waals surface area contributed by atoms with E-state index in [9.17, 15) is 9.90 Å². The second-order valence-electron chi connectivity index (χ2n) is 3.62. The second kappa shape index (κ2) is 7.09. The van der Waals surface area contributed by atoms with Gasteiger partial charge in [-0.3, -0.25) is 0 Å². The maximum absolute atomic E-state index is 11.5. The van der Waals surface area contributed by atoms with E-state index in [1.807, 2.05) is 6.92 Å². The van der Waals surface area contributed by atoms with Crippen LogP contribution in [0.1, 0.15) is 19.8 Å². The summed E-state index contributed by atoms with van der Waals surface area (Å²) in [4.78, 5) is 15.3. The Balaban J connectivity index is 2.37. The third-order valence-electron chi connectivity index (χ3n) is 2.13. The molecule has 1 heterocycles. The number of aromatic nitrogens is 1. The number of hydrogen-bond donors (Lipinski definition) is 3. The van der Waals surface area contributed by atoms with Crippen molar-refractivity contribution >= 4 is 23.3 Å². The van der Waals surface area contributed by atoms with Crippen LogP contribution in [0.25, 0.3) is 0 Å². The van der Waals surface area contributed by atoms with E-state index in [1.165, 1.54) is 6.20 Å². The molecule has 0 aliphatic carbocycles. The van der Waals surface area contributed by atoms with E-state index in [1.54, 1.807) is 12.1 Å². The van der Waals surface area contributed by atoms with Gasteiger partial charge in [0.25, 0.3) is 0 Å². The van der Waals surface area contributed by atoms with Crippen molar-refractivity contribution in [2.75, 3.05) is 11.9 Å². The summed E-state index contributed by atoms with van der Waals surface area (Å²) in [5, 5.41) is 14.8. The van der Waals surface area contributed by atoms with Gasteiger partial charge < -0.3 is 15.7 Å². The van der Waals surface area contributed by atoms with Crippen LogP contribution in [-0.2, 0) is 0 Å². The first-order valence-corrected chi connectivity index (χ1v) is 5.84. The Bertz CT molecular complexity index is 373. The number of urea groups is 1. The van der Waals surface area contributed by atoms with Crippen LogP contribution < -0.4 is 10.6 Å². The van der Waals surface area contributed by atoms with E-state index in [4.69, 9.17) is 11.6 Å². The number of amides is 2. The zero-order valence-corrected chi connectivity index (χ0v) is 10.4. The van der Waals surface area contributed by atoms with E-state index in [0.29, 0.717) is 12.1 Å². The van der Waals surface area contributed by atoms with Crippen molar-refractivity contribution in [3.63, 3.8) is 0 Å². The lowest BCUT2D eigenvalue weighted by Gasteiger charge is -2.11. The van der Waals surface area contributed by atoms with E-state index >= 15 is 0 Å². The number of pyridine rings is 1. The van der Waals surface area contributed by atoms with Crippen molar-refractivity contribution in [1.82, 2.24) is 10.3 Å². The van der Waals surface area contributed by atoms with Gasteiger partial charge in [-0.05, 0) is 18.6 Å². The Morgan fingerprint density at radius 1 is 1.65 bits per heavy atom. The van der Waals surface area contributed by atoms with Crippen molar-refractivity contribution in [2.24, 2.45) is 0 Å². The summed E-state index contributed by atoms with van der Waals surface area (Å²) in [5.41, 5.74) is 0.441. The summed E-state index contributed by atoms with van der Waals surface area (Å²) in [7, 11) is 0. The normalized spacial score (nSPS) is 11.9. The Kier molecular flexibility index (Phi) is 5.72. The molecule has 0 saturated heterocycles. The predicted octanol–water partition coefficient (Wildman–Crippen LogP) is 2.02. The van der Waals surface area contributed by atoms with Gasteiger partial charge in [-0.1, -0.05) is 24.9 Å². The fraction of sp³-hybridized carbons (Fsp3) is 0.455. The molecule has 94 valence electrons. The van der Waals surface area contributed by atoms with Crippen molar-refractivity contribution in [3.8, 4) is 0 Å². The fourth-order valence-corrected chi connectivity index (χ4v) is 1.46. The quantitative estimate of drug-likeness (QED) is 0.707. The summed E-state index contributed by atoms with van der Waals surface area (Å²) in [6, 6.07) is 2.92. The number of aliphatic hydroxyl groups excluding tert-OH is 1. The van der Waals surface area contributed by atoms with E-state index in [2.05, 4.69) is 15.6 Å². The number of nitrogens with one attached hydrogen (secondary N) is 2. The summed E-state index contributed by atoms with van der Waals surface area (Å²) in [6.45, 7) is 2.19. The number of anilines is 1. The molecule has 0 aliphatic rings. The third kappa shape index (κ3) is 5.01. The van der Waals surface area contributed by atoms with Gasteiger partial charge in [0.05, 0.1) is 11.8 Å². The number of hydrogen-bond acceptors (Lipinski definition) is 3. The highest BCUT2D eigenvalue weighted by Crippen LogP contribution is 2.16. The monoisotopic (exact) mass is 257 g/mol. The van der Waals surface area contributed by atoms with Crippen molar-refractivity contribution < 1.29 is 9.90 Å². The first kappa shape index (κ1) is 13.7. The maximum Gasteiger partial charge on any atom is 0.319 e. The second-order valence-corrected chi connectivity index (χ2v) is 3.98. The summed E-state index contributed by atoms with van der Waals surface area (Å²) in [6.07, 6.45) is 2.55. The number of carbonyl (C=O) groups excluding carboxylic acids is 1. The van der Waals surface area contributed by atoms with E-state index < -0.39 is 12.1 Å². The van der Waals surface area contributed by atoms with Crippen LogP contribution in [-0.4, -0.2) is 28.8 Å². The molecule has 6 heteroatoms.